The van der Waals surface area contributed by atoms with Crippen LogP contribution in [0.5, 0.6) is 0 Å². The summed E-state index contributed by atoms with van der Waals surface area (Å²) in [5.41, 5.74) is 5.74. The van der Waals surface area contributed by atoms with Crippen LogP contribution in [0.3, 0.4) is 0 Å². The molecule has 0 radical (unpaired) electrons. The smallest absolute Gasteiger partial charge is 0.0489 e. The Balaban J connectivity index is 1.94. The average Bonchev–Trinajstić information content (AvgIpc) is 2.70. The summed E-state index contributed by atoms with van der Waals surface area (Å²) in [7, 11) is 0. The highest BCUT2D eigenvalue weighted by Gasteiger charge is 2.24. The van der Waals surface area contributed by atoms with E-state index in [1.165, 1.54) is 19.3 Å². The van der Waals surface area contributed by atoms with Crippen molar-refractivity contribution in [3.8, 4) is 0 Å². The Hall–Kier alpha value is -0.120. The first kappa shape index (κ1) is 13.9. The molecule has 1 rings (SSSR count). The Morgan fingerprint density at radius 1 is 1.38 bits per heavy atom. The Kier molecular flexibility index (Phi) is 7.01. The summed E-state index contributed by atoms with van der Waals surface area (Å²) >= 11 is 0. The molecule has 3 heteroatoms. The van der Waals surface area contributed by atoms with E-state index in [-0.39, 0.29) is 0 Å². The average molecular weight is 228 g/mol. The van der Waals surface area contributed by atoms with Crippen molar-refractivity contribution in [2.45, 2.75) is 45.6 Å². The number of hydrogen-bond donors (Lipinski definition) is 2. The Bertz CT molecular complexity index is 173. The molecule has 0 aliphatic heterocycles. The molecule has 3 nitrogen and oxygen atoms in total. The molecular weight excluding hydrogens is 200 g/mol. The van der Waals surface area contributed by atoms with E-state index in [1.54, 1.807) is 0 Å². The zero-order valence-electron chi connectivity index (χ0n) is 10.9. The second-order valence-corrected chi connectivity index (χ2v) is 5.31. The molecule has 0 aromatic heterocycles. The largest absolute Gasteiger partial charge is 0.381 e. The van der Waals surface area contributed by atoms with Gasteiger partial charge < -0.3 is 15.8 Å². The van der Waals surface area contributed by atoms with E-state index >= 15 is 0 Å². The molecule has 0 amide bonds. The van der Waals surface area contributed by atoms with Crippen LogP contribution in [0.25, 0.3) is 0 Å². The molecule has 0 bridgehead atoms. The van der Waals surface area contributed by atoms with Crippen molar-refractivity contribution in [2.24, 2.45) is 17.6 Å². The summed E-state index contributed by atoms with van der Waals surface area (Å²) in [6, 6.07) is 0.662. The summed E-state index contributed by atoms with van der Waals surface area (Å²) in [5.74, 6) is 1.35. The third-order valence-electron chi connectivity index (χ3n) is 3.28. The van der Waals surface area contributed by atoms with E-state index in [9.17, 15) is 0 Å². The first-order valence-corrected chi connectivity index (χ1v) is 6.75. The highest BCUT2D eigenvalue weighted by Crippen LogP contribution is 2.24. The van der Waals surface area contributed by atoms with Crippen LogP contribution in [-0.2, 0) is 4.74 Å². The molecule has 2 atom stereocenters. The molecule has 1 aliphatic carbocycles. The maximum Gasteiger partial charge on any atom is 0.0489 e. The molecule has 0 heterocycles. The minimum atomic E-state index is 0.643. The van der Waals surface area contributed by atoms with E-state index in [0.717, 1.165) is 32.7 Å². The lowest BCUT2D eigenvalue weighted by Crippen LogP contribution is -2.36. The molecule has 1 saturated carbocycles. The minimum absolute atomic E-state index is 0.643. The van der Waals surface area contributed by atoms with Crippen molar-refractivity contribution in [3.63, 3.8) is 0 Å². The summed E-state index contributed by atoms with van der Waals surface area (Å²) in [5, 5.41) is 3.61. The first-order chi connectivity index (χ1) is 7.74. The summed E-state index contributed by atoms with van der Waals surface area (Å²) in [6.07, 6.45) is 5.05. The number of nitrogens with one attached hydrogen (secondary N) is 1. The minimum Gasteiger partial charge on any atom is -0.381 e. The van der Waals surface area contributed by atoms with Crippen molar-refractivity contribution in [2.75, 3.05) is 26.3 Å². The Morgan fingerprint density at radius 3 is 2.88 bits per heavy atom. The van der Waals surface area contributed by atoms with Crippen molar-refractivity contribution >= 4 is 0 Å². The van der Waals surface area contributed by atoms with Gasteiger partial charge in [-0.2, -0.15) is 0 Å². The number of hydrogen-bond acceptors (Lipinski definition) is 3. The monoisotopic (exact) mass is 228 g/mol. The van der Waals surface area contributed by atoms with Gasteiger partial charge in [-0.15, -0.1) is 0 Å². The van der Waals surface area contributed by atoms with Crippen molar-refractivity contribution < 1.29 is 4.74 Å². The van der Waals surface area contributed by atoms with Crippen molar-refractivity contribution in [1.29, 1.82) is 0 Å². The highest BCUT2D eigenvalue weighted by molar-refractivity contribution is 4.83. The van der Waals surface area contributed by atoms with Crippen LogP contribution in [-0.4, -0.2) is 32.3 Å². The molecule has 1 fully saturated rings. The van der Waals surface area contributed by atoms with E-state index in [4.69, 9.17) is 10.5 Å². The lowest BCUT2D eigenvalue weighted by molar-refractivity contribution is 0.107. The summed E-state index contributed by atoms with van der Waals surface area (Å²) < 4.78 is 5.55. The summed E-state index contributed by atoms with van der Waals surface area (Å²) in [6.45, 7) is 8.03. The van der Waals surface area contributed by atoms with Gasteiger partial charge in [0.1, 0.15) is 0 Å². The van der Waals surface area contributed by atoms with Gasteiger partial charge in [-0.1, -0.05) is 20.3 Å². The molecule has 96 valence electrons. The molecule has 0 saturated heterocycles. The van der Waals surface area contributed by atoms with Crippen molar-refractivity contribution in [1.82, 2.24) is 5.32 Å². The van der Waals surface area contributed by atoms with Gasteiger partial charge in [0.15, 0.2) is 0 Å². The van der Waals surface area contributed by atoms with Gasteiger partial charge in [-0.25, -0.2) is 0 Å². The quantitative estimate of drug-likeness (QED) is 0.622. The van der Waals surface area contributed by atoms with Gasteiger partial charge >= 0.3 is 0 Å². The lowest BCUT2D eigenvalue weighted by Gasteiger charge is -2.19. The van der Waals surface area contributed by atoms with Crippen LogP contribution in [0.4, 0.5) is 0 Å². The van der Waals surface area contributed by atoms with E-state index in [0.29, 0.717) is 17.9 Å². The van der Waals surface area contributed by atoms with Gasteiger partial charge in [-0.3, -0.25) is 0 Å². The van der Waals surface area contributed by atoms with Crippen LogP contribution >= 0.6 is 0 Å². The lowest BCUT2D eigenvalue weighted by atomic mass is 10.0. The predicted molar refractivity (Wildman–Crippen MR) is 68.5 cm³/mol. The van der Waals surface area contributed by atoms with Gasteiger partial charge in [0.2, 0.25) is 0 Å². The fourth-order valence-electron chi connectivity index (χ4n) is 2.37. The predicted octanol–water partition coefficient (Wildman–Crippen LogP) is 1.77. The fraction of sp³-hybridized carbons (Fsp3) is 1.00. The number of ether oxygens (including phenoxy) is 1. The van der Waals surface area contributed by atoms with Gasteiger partial charge in [0.05, 0.1) is 0 Å². The van der Waals surface area contributed by atoms with Crippen LogP contribution in [0.1, 0.15) is 39.5 Å². The second kappa shape index (κ2) is 8.04. The van der Waals surface area contributed by atoms with Gasteiger partial charge in [-0.05, 0) is 44.2 Å². The highest BCUT2D eigenvalue weighted by atomic mass is 16.5. The Labute approximate surface area is 100 Å². The van der Waals surface area contributed by atoms with Crippen LogP contribution in [0, 0.1) is 11.8 Å². The molecule has 16 heavy (non-hydrogen) atoms. The SMILES string of the molecule is CC(C)COCCCNC1CCCC1CN. The van der Waals surface area contributed by atoms with Crippen molar-refractivity contribution in [3.05, 3.63) is 0 Å². The first-order valence-electron chi connectivity index (χ1n) is 6.75. The molecule has 3 N–H and O–H groups in total. The molecular formula is C13H28N2O. The zero-order valence-corrected chi connectivity index (χ0v) is 10.9. The number of nitrogens with two attached hydrogens (primary N) is 1. The van der Waals surface area contributed by atoms with E-state index < -0.39 is 0 Å². The van der Waals surface area contributed by atoms with Gasteiger partial charge in [0.25, 0.3) is 0 Å². The van der Waals surface area contributed by atoms with Crippen LogP contribution in [0.15, 0.2) is 0 Å². The molecule has 2 unspecified atom stereocenters. The summed E-state index contributed by atoms with van der Waals surface area (Å²) in [4.78, 5) is 0. The second-order valence-electron chi connectivity index (χ2n) is 5.31. The third-order valence-corrected chi connectivity index (χ3v) is 3.28. The molecule has 1 aliphatic rings. The molecule has 0 aromatic carbocycles. The van der Waals surface area contributed by atoms with Crippen LogP contribution < -0.4 is 11.1 Å². The van der Waals surface area contributed by atoms with E-state index in [1.807, 2.05) is 0 Å². The van der Waals surface area contributed by atoms with Crippen LogP contribution in [0.2, 0.25) is 0 Å². The third kappa shape index (κ3) is 5.28. The molecule has 0 spiro atoms. The Morgan fingerprint density at radius 2 is 2.19 bits per heavy atom. The fourth-order valence-corrected chi connectivity index (χ4v) is 2.37. The maximum absolute atomic E-state index is 5.74. The zero-order chi connectivity index (χ0) is 11.8. The maximum atomic E-state index is 5.74. The van der Waals surface area contributed by atoms with Gasteiger partial charge in [0, 0.05) is 19.3 Å². The normalized spacial score (nSPS) is 25.5. The number of rotatable bonds is 8. The molecule has 0 aromatic rings. The topological polar surface area (TPSA) is 47.3 Å². The van der Waals surface area contributed by atoms with E-state index in [2.05, 4.69) is 19.2 Å². The standard InChI is InChI=1S/C13H28N2O/c1-11(2)10-16-8-4-7-15-13-6-3-5-12(13)9-14/h11-13,15H,3-10,14H2,1-2H3.